The summed E-state index contributed by atoms with van der Waals surface area (Å²) in [5.41, 5.74) is -2.36. The number of fused-ring (bicyclic) bond motifs is 2. The van der Waals surface area contributed by atoms with Crippen molar-refractivity contribution in [2.45, 2.75) is 46.1 Å². The van der Waals surface area contributed by atoms with E-state index in [2.05, 4.69) is 6.08 Å². The van der Waals surface area contributed by atoms with Gasteiger partial charge in [-0.3, -0.25) is 4.79 Å². The third kappa shape index (κ3) is 1.51. The van der Waals surface area contributed by atoms with Crippen molar-refractivity contribution in [2.75, 3.05) is 6.61 Å². The quantitative estimate of drug-likeness (QED) is 0.533. The van der Waals surface area contributed by atoms with Crippen molar-refractivity contribution in [3.63, 3.8) is 0 Å². The minimum Gasteiger partial charge on any atom is -0.481 e. The topological polar surface area (TPSA) is 94.8 Å². The number of carbonyl (C=O) groups is 2. The van der Waals surface area contributed by atoms with E-state index in [1.165, 1.54) is 0 Å². The summed E-state index contributed by atoms with van der Waals surface area (Å²) in [4.78, 5) is 25.4. The Morgan fingerprint density at radius 3 is 2.60 bits per heavy atom. The highest BCUT2D eigenvalue weighted by molar-refractivity contribution is 5.90. The molecule has 4 aliphatic rings. The number of carboxylic acid groups (broad SMARTS) is 1. The van der Waals surface area contributed by atoms with Gasteiger partial charge >= 0.3 is 5.97 Å². The van der Waals surface area contributed by atoms with Crippen LogP contribution in [0.15, 0.2) is 11.6 Å². The lowest BCUT2D eigenvalue weighted by Crippen LogP contribution is -2.63. The maximum absolute atomic E-state index is 12.8. The van der Waals surface area contributed by atoms with Gasteiger partial charge in [-0.25, -0.2) is 0 Å². The Bertz CT molecular complexity index is 669. The number of carboxylic acids is 1. The lowest BCUT2D eigenvalue weighted by Gasteiger charge is -2.57. The van der Waals surface area contributed by atoms with E-state index in [0.717, 1.165) is 11.9 Å². The predicted octanol–water partition coefficient (Wildman–Crippen LogP) is 1.87. The first-order valence-corrected chi connectivity index (χ1v) is 9.44. The minimum absolute atomic E-state index is 0.00644. The largest absolute Gasteiger partial charge is 0.481 e. The van der Waals surface area contributed by atoms with Gasteiger partial charge in [-0.05, 0) is 48.9 Å². The molecular formula is C20H28O5. The van der Waals surface area contributed by atoms with Gasteiger partial charge in [-0.2, -0.15) is 0 Å². The number of aliphatic hydroxyl groups is 2. The van der Waals surface area contributed by atoms with E-state index in [0.29, 0.717) is 19.3 Å². The number of aliphatic hydroxyl groups excluding tert-OH is 2. The highest BCUT2D eigenvalue weighted by Crippen LogP contribution is 2.82. The van der Waals surface area contributed by atoms with Crippen LogP contribution >= 0.6 is 0 Å². The Morgan fingerprint density at radius 1 is 1.40 bits per heavy atom. The van der Waals surface area contributed by atoms with Gasteiger partial charge in [0.15, 0.2) is 0 Å². The van der Waals surface area contributed by atoms with Gasteiger partial charge < -0.3 is 20.1 Å². The van der Waals surface area contributed by atoms with Crippen LogP contribution in [0.5, 0.6) is 0 Å². The molecule has 0 radical (unpaired) electrons. The van der Waals surface area contributed by atoms with Gasteiger partial charge in [-0.1, -0.05) is 32.4 Å². The second-order valence-electron chi connectivity index (χ2n) is 9.25. The third-order valence-electron chi connectivity index (χ3n) is 8.52. The van der Waals surface area contributed by atoms with Crippen LogP contribution in [-0.4, -0.2) is 40.3 Å². The molecule has 0 amide bonds. The monoisotopic (exact) mass is 348 g/mol. The fourth-order valence-electron chi connectivity index (χ4n) is 7.63. The summed E-state index contributed by atoms with van der Waals surface area (Å²) < 4.78 is 0. The molecular weight excluding hydrogens is 320 g/mol. The predicted molar refractivity (Wildman–Crippen MR) is 90.5 cm³/mol. The van der Waals surface area contributed by atoms with Gasteiger partial charge in [0.2, 0.25) is 0 Å². The Kier molecular flexibility index (Phi) is 3.41. The second-order valence-corrected chi connectivity index (χ2v) is 9.25. The number of hydrogen-bond donors (Lipinski definition) is 3. The maximum Gasteiger partial charge on any atom is 0.315 e. The summed E-state index contributed by atoms with van der Waals surface area (Å²) in [7, 11) is 0. The molecule has 0 aromatic heterocycles. The van der Waals surface area contributed by atoms with E-state index in [1.807, 2.05) is 20.8 Å². The number of rotatable bonds is 4. The average Bonchev–Trinajstić information content (AvgIpc) is 3.09. The van der Waals surface area contributed by atoms with Crippen LogP contribution in [0, 0.1) is 45.8 Å². The molecule has 5 heteroatoms. The van der Waals surface area contributed by atoms with Crippen molar-refractivity contribution in [3.05, 3.63) is 11.6 Å². The molecule has 4 rings (SSSR count). The van der Waals surface area contributed by atoms with E-state index >= 15 is 0 Å². The Morgan fingerprint density at radius 2 is 2.08 bits per heavy atom. The molecule has 0 saturated heterocycles. The second kappa shape index (κ2) is 4.95. The van der Waals surface area contributed by atoms with Crippen molar-refractivity contribution in [3.8, 4) is 0 Å². The van der Waals surface area contributed by atoms with Crippen molar-refractivity contribution in [1.29, 1.82) is 0 Å². The number of carbonyl (C=O) groups excluding carboxylic acids is 1. The van der Waals surface area contributed by atoms with E-state index in [-0.39, 0.29) is 36.2 Å². The molecule has 4 aliphatic carbocycles. The molecule has 0 spiro atoms. The smallest absolute Gasteiger partial charge is 0.315 e. The highest BCUT2D eigenvalue weighted by atomic mass is 16.4. The number of aldehydes is 1. The molecule has 3 fully saturated rings. The van der Waals surface area contributed by atoms with Gasteiger partial charge in [0.05, 0.1) is 18.1 Å². The Labute approximate surface area is 148 Å². The molecule has 8 atom stereocenters. The van der Waals surface area contributed by atoms with Crippen LogP contribution in [0.2, 0.25) is 0 Å². The number of hydrogen-bond acceptors (Lipinski definition) is 4. The summed E-state index contributed by atoms with van der Waals surface area (Å²) >= 11 is 0. The fraction of sp³-hybridized carbons (Fsp3) is 0.800. The van der Waals surface area contributed by atoms with Crippen LogP contribution in [0.3, 0.4) is 0 Å². The van der Waals surface area contributed by atoms with Crippen LogP contribution in [-0.2, 0) is 9.59 Å². The van der Waals surface area contributed by atoms with Gasteiger partial charge in [0.1, 0.15) is 11.7 Å². The lowest BCUT2D eigenvalue weighted by molar-refractivity contribution is -0.184. The standard InChI is InChI=1S/C20H28O5/c1-10(2)14-4-12-6-19(9-22)15-5-16(23)11(3)13(15)7-18(12,8-21)20(14,19)17(24)25/h4,9-13,15-16,21,23H,5-8H2,1-3H3,(H,24,25). The molecule has 0 aromatic carbocycles. The first-order chi connectivity index (χ1) is 11.7. The molecule has 3 saturated carbocycles. The molecule has 0 heterocycles. The average molecular weight is 348 g/mol. The maximum atomic E-state index is 12.8. The third-order valence-corrected chi connectivity index (χ3v) is 8.52. The summed E-state index contributed by atoms with van der Waals surface area (Å²) in [6.07, 6.45) is 3.99. The van der Waals surface area contributed by atoms with E-state index in [9.17, 15) is 24.9 Å². The van der Waals surface area contributed by atoms with Gasteiger partial charge in [0.25, 0.3) is 0 Å². The molecule has 0 aliphatic heterocycles. The Hall–Kier alpha value is -1.20. The summed E-state index contributed by atoms with van der Waals surface area (Å²) in [5.74, 6) is -1.05. The summed E-state index contributed by atoms with van der Waals surface area (Å²) in [6.45, 7) is 5.72. The molecule has 0 aromatic rings. The number of allylic oxidation sites excluding steroid dienone is 1. The SMILES string of the molecule is CC(C)C1=CC2CC3(C=O)C4CC(O)C(C)C4CC2(CO)C13C(=O)O. The zero-order valence-corrected chi connectivity index (χ0v) is 15.1. The zero-order valence-electron chi connectivity index (χ0n) is 15.1. The van der Waals surface area contributed by atoms with Crippen LogP contribution < -0.4 is 0 Å². The van der Waals surface area contributed by atoms with E-state index in [4.69, 9.17) is 0 Å². The zero-order chi connectivity index (χ0) is 18.4. The number of aliphatic carboxylic acids is 1. The van der Waals surface area contributed by atoms with Crippen LogP contribution in [0.4, 0.5) is 0 Å². The van der Waals surface area contributed by atoms with Gasteiger partial charge in [0, 0.05) is 5.41 Å². The molecule has 5 nitrogen and oxygen atoms in total. The van der Waals surface area contributed by atoms with Crippen LogP contribution in [0.25, 0.3) is 0 Å². The first-order valence-electron chi connectivity index (χ1n) is 9.44. The van der Waals surface area contributed by atoms with Crippen molar-refractivity contribution in [1.82, 2.24) is 0 Å². The molecule has 4 bridgehead atoms. The molecule has 25 heavy (non-hydrogen) atoms. The van der Waals surface area contributed by atoms with Crippen molar-refractivity contribution < 1.29 is 24.9 Å². The van der Waals surface area contributed by atoms with E-state index < -0.39 is 28.3 Å². The van der Waals surface area contributed by atoms with E-state index in [1.54, 1.807) is 0 Å². The summed E-state index contributed by atoms with van der Waals surface area (Å²) in [5, 5.41) is 31.4. The molecule has 138 valence electrons. The Balaban J connectivity index is 2.02. The van der Waals surface area contributed by atoms with Crippen LogP contribution in [0.1, 0.15) is 40.0 Å². The molecule has 3 N–H and O–H groups in total. The lowest BCUT2D eigenvalue weighted by atomic mass is 9.43. The summed E-state index contributed by atoms with van der Waals surface area (Å²) in [6, 6.07) is 0. The molecule has 8 unspecified atom stereocenters. The highest BCUT2D eigenvalue weighted by Gasteiger charge is 2.84. The van der Waals surface area contributed by atoms with Crippen molar-refractivity contribution in [2.24, 2.45) is 45.8 Å². The first kappa shape index (κ1) is 17.2. The van der Waals surface area contributed by atoms with Gasteiger partial charge in [-0.15, -0.1) is 0 Å². The minimum atomic E-state index is -1.33. The fourth-order valence-corrected chi connectivity index (χ4v) is 7.63. The van der Waals surface area contributed by atoms with Crippen molar-refractivity contribution >= 4 is 12.3 Å². The normalized spacial score (nSPS) is 53.0.